The van der Waals surface area contributed by atoms with E-state index in [0.29, 0.717) is 40.9 Å². The molecule has 1 saturated heterocycles. The minimum atomic E-state index is -3.55. The molecule has 5 rings (SSSR count). The predicted octanol–water partition coefficient (Wildman–Crippen LogP) is 1.00. The number of aromatic nitrogens is 2. The first-order valence-corrected chi connectivity index (χ1v) is 15.9. The molecule has 4 N–H and O–H groups in total. The molecule has 2 aromatic rings. The highest BCUT2D eigenvalue weighted by Crippen LogP contribution is 2.52. The van der Waals surface area contributed by atoms with Crippen LogP contribution in [-0.2, 0) is 27.1 Å². The molecule has 3 heterocycles. The molecule has 2 atom stereocenters. The van der Waals surface area contributed by atoms with E-state index in [1.165, 1.54) is 23.3 Å². The van der Waals surface area contributed by atoms with Gasteiger partial charge in [0, 0.05) is 16.7 Å². The molecule has 0 radical (unpaired) electrons. The van der Waals surface area contributed by atoms with Crippen molar-refractivity contribution >= 4 is 39.2 Å². The molecule has 0 amide bonds. The first-order valence-electron chi connectivity index (χ1n) is 13.0. The van der Waals surface area contributed by atoms with Gasteiger partial charge in [0.2, 0.25) is 15.8 Å². The number of sulfonamides is 1. The maximum absolute atomic E-state index is 12.9. The molecule has 12 heteroatoms. The normalized spacial score (nSPS) is 22.0. The van der Waals surface area contributed by atoms with Crippen molar-refractivity contribution in [2.45, 2.75) is 54.2 Å². The van der Waals surface area contributed by atoms with Gasteiger partial charge in [0.25, 0.3) is 0 Å². The Bertz CT molecular complexity index is 1210. The van der Waals surface area contributed by atoms with Crippen LogP contribution < -0.4 is 19.7 Å². The van der Waals surface area contributed by atoms with E-state index in [1.807, 2.05) is 18.2 Å². The Morgan fingerprint density at radius 1 is 1.24 bits per heavy atom. The number of benzene rings is 1. The lowest BCUT2D eigenvalue weighted by Crippen LogP contribution is -3.14. The summed E-state index contributed by atoms with van der Waals surface area (Å²) in [5.74, 6) is 2.07. The van der Waals surface area contributed by atoms with Crippen molar-refractivity contribution in [2.24, 2.45) is 0 Å². The van der Waals surface area contributed by atoms with Crippen molar-refractivity contribution in [3.05, 3.63) is 40.2 Å². The zero-order valence-corrected chi connectivity index (χ0v) is 23.6. The molecular weight excluding hydrogens is 534 g/mol. The average molecular weight is 570 g/mol. The van der Waals surface area contributed by atoms with E-state index >= 15 is 0 Å². The first kappa shape index (κ1) is 27.1. The number of quaternary nitrogens is 2. The van der Waals surface area contributed by atoms with Crippen molar-refractivity contribution in [1.29, 1.82) is 0 Å². The summed E-state index contributed by atoms with van der Waals surface area (Å²) >= 11 is 8.14. The van der Waals surface area contributed by atoms with Crippen LogP contribution in [0.15, 0.2) is 23.2 Å². The van der Waals surface area contributed by atoms with Crippen LogP contribution in [0, 0.1) is 0 Å². The molecule has 1 aromatic carbocycles. The largest absolute Gasteiger partial charge is 0.495 e. The molecule has 0 spiro atoms. The van der Waals surface area contributed by atoms with Gasteiger partial charge in [-0.15, -0.1) is 11.8 Å². The van der Waals surface area contributed by atoms with Gasteiger partial charge in [0.15, 0.2) is 5.82 Å². The lowest BCUT2D eigenvalue weighted by molar-refractivity contribution is -0.906. The maximum Gasteiger partial charge on any atom is 0.232 e. The summed E-state index contributed by atoms with van der Waals surface area (Å²) in [6.45, 7) is 5.07. The van der Waals surface area contributed by atoms with Crippen LogP contribution in [0.25, 0.3) is 0 Å². The van der Waals surface area contributed by atoms with Gasteiger partial charge in [0.05, 0.1) is 44.0 Å². The van der Waals surface area contributed by atoms with Gasteiger partial charge in [-0.25, -0.2) is 18.1 Å². The van der Waals surface area contributed by atoms with E-state index in [9.17, 15) is 8.42 Å². The second-order valence-corrected chi connectivity index (χ2v) is 13.4. The van der Waals surface area contributed by atoms with Crippen molar-refractivity contribution in [2.75, 3.05) is 46.5 Å². The van der Waals surface area contributed by atoms with Gasteiger partial charge < -0.3 is 14.4 Å². The van der Waals surface area contributed by atoms with Crippen molar-refractivity contribution in [3.63, 3.8) is 0 Å². The highest BCUT2D eigenvalue weighted by molar-refractivity contribution is 8.00. The third-order valence-electron chi connectivity index (χ3n) is 7.39. The average Bonchev–Trinajstić information content (AvgIpc) is 3.26. The van der Waals surface area contributed by atoms with Crippen LogP contribution in [0.2, 0.25) is 5.02 Å². The Kier molecular flexibility index (Phi) is 8.90. The lowest BCUT2D eigenvalue weighted by Gasteiger charge is -2.24. The maximum atomic E-state index is 12.9. The fraction of sp³-hybridized carbons (Fsp3) is 0.600. The molecule has 202 valence electrons. The molecule has 2 unspecified atom stereocenters. The number of rotatable bonds is 10. The van der Waals surface area contributed by atoms with Crippen LogP contribution in [-0.4, -0.2) is 70.1 Å². The molecule has 1 saturated carbocycles. The molecule has 1 aromatic heterocycles. The van der Waals surface area contributed by atoms with Gasteiger partial charge >= 0.3 is 0 Å². The molecule has 3 aliphatic rings. The number of nitrogens with one attached hydrogen (secondary N) is 2. The van der Waals surface area contributed by atoms with E-state index < -0.39 is 10.0 Å². The minimum Gasteiger partial charge on any atom is -0.495 e. The summed E-state index contributed by atoms with van der Waals surface area (Å²) in [5, 5.41) is 4.12. The first-order chi connectivity index (χ1) is 17.9. The SMILES string of the molecule is COc1ccc(C[NH2+]c2nc(CS(=O)(=O)NCC[NH+]3CCOCC3)nc3c2C2CCCCC2S3)cc1Cl. The third kappa shape index (κ3) is 6.76. The molecule has 9 nitrogen and oxygen atoms in total. The molecule has 37 heavy (non-hydrogen) atoms. The molecule has 1 aliphatic carbocycles. The summed E-state index contributed by atoms with van der Waals surface area (Å²) in [6, 6.07) is 5.76. The smallest absolute Gasteiger partial charge is 0.232 e. The fourth-order valence-corrected chi connectivity index (χ4v) is 8.26. The van der Waals surface area contributed by atoms with Crippen LogP contribution >= 0.6 is 23.4 Å². The highest BCUT2D eigenvalue weighted by Gasteiger charge is 2.40. The Morgan fingerprint density at radius 2 is 2.05 bits per heavy atom. The zero-order chi connectivity index (χ0) is 25.8. The standard InChI is InChI=1S/C25H34ClN5O4S2/c1-34-20-7-6-17(14-19(20)26)15-27-24-23-18-4-2-3-5-21(18)36-25(23)30-22(29-24)16-37(32,33)28-8-9-31-10-12-35-13-11-31/h6-7,14,18,21,28H,2-5,8-13,15-16H2,1H3,(H,27,29,30)/p+2. The van der Waals surface area contributed by atoms with E-state index in [4.69, 9.17) is 31.0 Å². The fourth-order valence-electron chi connectivity index (χ4n) is 5.45. The summed E-state index contributed by atoms with van der Waals surface area (Å²) in [6.07, 6.45) is 4.74. The number of fused-ring (bicyclic) bond motifs is 3. The molecular formula is C25H36ClN5O4S2+2. The minimum absolute atomic E-state index is 0.218. The number of methoxy groups -OCH3 is 1. The van der Waals surface area contributed by atoms with Crippen LogP contribution in [0.3, 0.4) is 0 Å². The third-order valence-corrected chi connectivity index (χ3v) is 10.4. The summed E-state index contributed by atoms with van der Waals surface area (Å²) in [4.78, 5) is 10.9. The number of thioether (sulfide) groups is 1. The predicted molar refractivity (Wildman–Crippen MR) is 143 cm³/mol. The van der Waals surface area contributed by atoms with Crippen LogP contribution in [0.1, 0.15) is 48.6 Å². The van der Waals surface area contributed by atoms with E-state index in [2.05, 4.69) is 10.0 Å². The molecule has 2 fully saturated rings. The van der Waals surface area contributed by atoms with Gasteiger partial charge in [0.1, 0.15) is 36.2 Å². The Balaban J connectivity index is 1.32. The molecule has 2 aliphatic heterocycles. The Hall–Kier alpha value is -1.47. The number of nitrogens with two attached hydrogens (primary N) is 1. The number of halogens is 1. The zero-order valence-electron chi connectivity index (χ0n) is 21.2. The second-order valence-electron chi connectivity index (χ2n) is 9.93. The molecule has 0 bridgehead atoms. The number of hydrogen-bond acceptors (Lipinski definition) is 7. The topological polar surface area (TPSA) is 111 Å². The van der Waals surface area contributed by atoms with Gasteiger partial charge in [-0.2, -0.15) is 4.98 Å². The van der Waals surface area contributed by atoms with Gasteiger partial charge in [-0.05, 0) is 31.0 Å². The van der Waals surface area contributed by atoms with Gasteiger partial charge in [-0.3, -0.25) is 5.32 Å². The summed E-state index contributed by atoms with van der Waals surface area (Å²) in [5.41, 5.74) is 2.24. The van der Waals surface area contributed by atoms with E-state index in [1.54, 1.807) is 18.9 Å². The van der Waals surface area contributed by atoms with E-state index in [-0.39, 0.29) is 5.75 Å². The second kappa shape index (κ2) is 12.1. The monoisotopic (exact) mass is 569 g/mol. The van der Waals surface area contributed by atoms with Crippen molar-refractivity contribution in [3.8, 4) is 5.75 Å². The number of morpholine rings is 1. The Labute approximate surface area is 228 Å². The lowest BCUT2D eigenvalue weighted by atomic mass is 9.84. The highest BCUT2D eigenvalue weighted by atomic mass is 35.5. The quantitative estimate of drug-likeness (QED) is 0.366. The number of hydrogen-bond donors (Lipinski definition) is 3. The summed E-state index contributed by atoms with van der Waals surface area (Å²) < 4.78 is 39.2. The van der Waals surface area contributed by atoms with Crippen LogP contribution in [0.5, 0.6) is 5.75 Å². The number of ether oxygens (including phenoxy) is 2. The van der Waals surface area contributed by atoms with Crippen LogP contribution in [0.4, 0.5) is 5.82 Å². The van der Waals surface area contributed by atoms with Crippen molar-refractivity contribution in [1.82, 2.24) is 14.7 Å². The Morgan fingerprint density at radius 3 is 2.84 bits per heavy atom. The number of nitrogens with zero attached hydrogens (tertiary/aromatic N) is 2. The van der Waals surface area contributed by atoms with Crippen molar-refractivity contribution < 1.29 is 28.1 Å². The summed E-state index contributed by atoms with van der Waals surface area (Å²) in [7, 11) is -1.95. The van der Waals surface area contributed by atoms with E-state index in [0.717, 1.165) is 62.1 Å². The van der Waals surface area contributed by atoms with Gasteiger partial charge in [-0.1, -0.05) is 24.4 Å².